The number of carbonyl (C=O) groups is 1. The lowest BCUT2D eigenvalue weighted by Gasteiger charge is -2.37. The van der Waals surface area contributed by atoms with Gasteiger partial charge >= 0.3 is 6.09 Å². The third kappa shape index (κ3) is 5.36. The summed E-state index contributed by atoms with van der Waals surface area (Å²) in [5.74, 6) is 0.942. The Balaban J connectivity index is 1.61. The number of anilines is 1. The maximum atomic E-state index is 12.2. The molecule has 1 aromatic heterocycles. The van der Waals surface area contributed by atoms with Gasteiger partial charge in [0.25, 0.3) is 0 Å². The number of alkyl carbamates (subject to hydrolysis) is 1. The lowest BCUT2D eigenvalue weighted by molar-refractivity contribution is 0.0522. The second kappa shape index (κ2) is 9.41. The lowest BCUT2D eigenvalue weighted by Crippen LogP contribution is -2.48. The van der Waals surface area contributed by atoms with Crippen LogP contribution in [0.5, 0.6) is 0 Å². The van der Waals surface area contributed by atoms with Crippen LogP contribution in [0.4, 0.5) is 10.7 Å². The fourth-order valence-electron chi connectivity index (χ4n) is 4.20. The van der Waals surface area contributed by atoms with Gasteiger partial charge in [-0.05, 0) is 69.9 Å². The van der Waals surface area contributed by atoms with E-state index in [2.05, 4.69) is 39.0 Å². The molecule has 0 saturated carbocycles. The van der Waals surface area contributed by atoms with E-state index in [-0.39, 0.29) is 12.1 Å². The van der Waals surface area contributed by atoms with Crippen molar-refractivity contribution in [1.82, 2.24) is 14.9 Å². The van der Waals surface area contributed by atoms with Gasteiger partial charge in [0.15, 0.2) is 0 Å². The van der Waals surface area contributed by atoms with Gasteiger partial charge in [-0.25, -0.2) is 9.78 Å². The Bertz CT molecular complexity index is 1070. The van der Waals surface area contributed by atoms with E-state index in [0.717, 1.165) is 47.8 Å². The number of imidazole rings is 1. The standard InChI is InChI=1S/C25H31ClN4O2/c1-25(2,3)32-24(31)27-16-20-8-6-7-15-29(20)23-28-21-9-4-5-10-22(21)30(23)17-18-11-13-19(26)14-12-18/h4-5,9-14,20H,6-8,15-17H2,1-3H3,(H,27,31). The number of aromatic nitrogens is 2. The van der Waals surface area contributed by atoms with Crippen LogP contribution in [0, 0.1) is 0 Å². The molecule has 6 nitrogen and oxygen atoms in total. The molecule has 1 saturated heterocycles. The Labute approximate surface area is 194 Å². The first-order valence-corrected chi connectivity index (χ1v) is 11.6. The smallest absolute Gasteiger partial charge is 0.407 e. The van der Waals surface area contributed by atoms with Crippen molar-refractivity contribution in [2.24, 2.45) is 0 Å². The van der Waals surface area contributed by atoms with E-state index >= 15 is 0 Å². The number of amides is 1. The predicted octanol–water partition coefficient (Wildman–Crippen LogP) is 5.62. The maximum Gasteiger partial charge on any atom is 0.407 e. The highest BCUT2D eigenvalue weighted by molar-refractivity contribution is 6.30. The highest BCUT2D eigenvalue weighted by Crippen LogP contribution is 2.29. The molecule has 0 spiro atoms. The van der Waals surface area contributed by atoms with Crippen molar-refractivity contribution < 1.29 is 9.53 Å². The average Bonchev–Trinajstić information content (AvgIpc) is 3.11. The summed E-state index contributed by atoms with van der Waals surface area (Å²) in [6, 6.07) is 16.3. The van der Waals surface area contributed by atoms with Gasteiger partial charge in [-0.15, -0.1) is 0 Å². The normalized spacial score (nSPS) is 16.9. The Hall–Kier alpha value is -2.73. The van der Waals surface area contributed by atoms with E-state index in [1.807, 2.05) is 45.0 Å². The Morgan fingerprint density at radius 3 is 2.66 bits per heavy atom. The molecule has 1 atom stereocenters. The monoisotopic (exact) mass is 454 g/mol. The molecule has 32 heavy (non-hydrogen) atoms. The highest BCUT2D eigenvalue weighted by atomic mass is 35.5. The molecule has 2 heterocycles. The first kappa shape index (κ1) is 22.5. The predicted molar refractivity (Wildman–Crippen MR) is 130 cm³/mol. The van der Waals surface area contributed by atoms with Gasteiger partial charge in [-0.3, -0.25) is 0 Å². The molecular weight excluding hydrogens is 424 g/mol. The number of hydrogen-bond acceptors (Lipinski definition) is 4. The molecule has 7 heteroatoms. The summed E-state index contributed by atoms with van der Waals surface area (Å²) in [7, 11) is 0. The van der Waals surface area contributed by atoms with Crippen molar-refractivity contribution in [2.45, 2.75) is 58.2 Å². The molecular formula is C25H31ClN4O2. The largest absolute Gasteiger partial charge is 0.444 e. The zero-order valence-electron chi connectivity index (χ0n) is 19.0. The van der Waals surface area contributed by atoms with Crippen LogP contribution in [0.3, 0.4) is 0 Å². The summed E-state index contributed by atoms with van der Waals surface area (Å²) < 4.78 is 7.70. The molecule has 1 unspecified atom stereocenters. The average molecular weight is 455 g/mol. The molecule has 1 fully saturated rings. The van der Waals surface area contributed by atoms with E-state index < -0.39 is 5.60 Å². The van der Waals surface area contributed by atoms with Crippen molar-refractivity contribution in [1.29, 1.82) is 0 Å². The van der Waals surface area contributed by atoms with Gasteiger partial charge < -0.3 is 19.5 Å². The summed E-state index contributed by atoms with van der Waals surface area (Å²) in [4.78, 5) is 19.6. The van der Waals surface area contributed by atoms with E-state index in [4.69, 9.17) is 21.3 Å². The molecule has 170 valence electrons. The highest BCUT2D eigenvalue weighted by Gasteiger charge is 2.28. The second-order valence-electron chi connectivity index (χ2n) is 9.34. The zero-order valence-corrected chi connectivity index (χ0v) is 19.7. The summed E-state index contributed by atoms with van der Waals surface area (Å²) in [6.45, 7) is 7.76. The summed E-state index contributed by atoms with van der Waals surface area (Å²) >= 11 is 6.09. The van der Waals surface area contributed by atoms with Crippen molar-refractivity contribution >= 4 is 34.7 Å². The second-order valence-corrected chi connectivity index (χ2v) is 9.78. The van der Waals surface area contributed by atoms with Crippen LogP contribution in [-0.2, 0) is 11.3 Å². The fraction of sp³-hybridized carbons (Fsp3) is 0.440. The quantitative estimate of drug-likeness (QED) is 0.543. The van der Waals surface area contributed by atoms with E-state index in [1.54, 1.807) is 0 Å². The first-order valence-electron chi connectivity index (χ1n) is 11.2. The minimum atomic E-state index is -0.511. The van der Waals surface area contributed by atoms with Crippen LogP contribution in [0.15, 0.2) is 48.5 Å². The zero-order chi connectivity index (χ0) is 22.7. The minimum Gasteiger partial charge on any atom is -0.444 e. The van der Waals surface area contributed by atoms with Crippen LogP contribution in [-0.4, -0.2) is 40.4 Å². The van der Waals surface area contributed by atoms with Gasteiger partial charge in [0.1, 0.15) is 5.60 Å². The molecule has 2 aromatic carbocycles. The molecule has 0 bridgehead atoms. The summed E-state index contributed by atoms with van der Waals surface area (Å²) in [5, 5.41) is 3.69. The van der Waals surface area contributed by atoms with Crippen molar-refractivity contribution in [3.05, 3.63) is 59.1 Å². The van der Waals surface area contributed by atoms with Crippen LogP contribution >= 0.6 is 11.6 Å². The number of nitrogens with one attached hydrogen (secondary N) is 1. The first-order chi connectivity index (χ1) is 15.3. The summed E-state index contributed by atoms with van der Waals surface area (Å²) in [6.07, 6.45) is 2.86. The molecule has 4 rings (SSSR count). The van der Waals surface area contributed by atoms with E-state index in [0.29, 0.717) is 13.1 Å². The molecule has 1 N–H and O–H groups in total. The Morgan fingerprint density at radius 2 is 1.91 bits per heavy atom. The van der Waals surface area contributed by atoms with Gasteiger partial charge in [-0.1, -0.05) is 35.9 Å². The Morgan fingerprint density at radius 1 is 1.16 bits per heavy atom. The van der Waals surface area contributed by atoms with E-state index in [1.165, 1.54) is 5.56 Å². The van der Waals surface area contributed by atoms with Gasteiger partial charge in [0.05, 0.1) is 17.6 Å². The van der Waals surface area contributed by atoms with Gasteiger partial charge in [0.2, 0.25) is 5.95 Å². The van der Waals surface area contributed by atoms with Crippen LogP contribution in [0.1, 0.15) is 45.6 Å². The number of ether oxygens (including phenoxy) is 1. The van der Waals surface area contributed by atoms with Crippen LogP contribution < -0.4 is 10.2 Å². The third-order valence-corrected chi connectivity index (χ3v) is 5.91. The van der Waals surface area contributed by atoms with E-state index in [9.17, 15) is 4.79 Å². The number of halogens is 1. The molecule has 3 aromatic rings. The number of para-hydroxylation sites is 2. The van der Waals surface area contributed by atoms with Crippen molar-refractivity contribution in [3.63, 3.8) is 0 Å². The van der Waals surface area contributed by atoms with Crippen LogP contribution in [0.2, 0.25) is 5.02 Å². The van der Waals surface area contributed by atoms with Gasteiger partial charge in [-0.2, -0.15) is 0 Å². The number of hydrogen-bond donors (Lipinski definition) is 1. The minimum absolute atomic E-state index is 0.164. The topological polar surface area (TPSA) is 59.4 Å². The molecule has 0 aliphatic carbocycles. The number of piperidine rings is 1. The fourth-order valence-corrected chi connectivity index (χ4v) is 4.33. The Kier molecular flexibility index (Phi) is 6.60. The summed E-state index contributed by atoms with van der Waals surface area (Å²) in [5.41, 5.74) is 2.73. The number of benzene rings is 2. The van der Waals surface area contributed by atoms with Crippen LogP contribution in [0.25, 0.3) is 11.0 Å². The molecule has 1 aliphatic heterocycles. The third-order valence-electron chi connectivity index (χ3n) is 5.65. The molecule has 1 amide bonds. The molecule has 1 aliphatic rings. The van der Waals surface area contributed by atoms with Crippen molar-refractivity contribution in [3.8, 4) is 0 Å². The number of fused-ring (bicyclic) bond motifs is 1. The number of nitrogens with zero attached hydrogens (tertiary/aromatic N) is 3. The maximum absolute atomic E-state index is 12.2. The number of rotatable bonds is 5. The van der Waals surface area contributed by atoms with Gasteiger partial charge in [0, 0.05) is 24.2 Å². The lowest BCUT2D eigenvalue weighted by atomic mass is 10.0. The van der Waals surface area contributed by atoms with Crippen molar-refractivity contribution in [2.75, 3.05) is 18.0 Å². The number of carbonyl (C=O) groups excluding carboxylic acids is 1. The molecule has 0 radical (unpaired) electrons. The SMILES string of the molecule is CC(C)(C)OC(=O)NCC1CCCCN1c1nc2ccccc2n1Cc1ccc(Cl)cc1.